The number of nitrogens with zero attached hydrogens (tertiary/aromatic N) is 3. The zero-order chi connectivity index (χ0) is 14.5. The van der Waals surface area contributed by atoms with Gasteiger partial charge in [-0.15, -0.1) is 0 Å². The summed E-state index contributed by atoms with van der Waals surface area (Å²) in [6.45, 7) is 1.82. The summed E-state index contributed by atoms with van der Waals surface area (Å²) in [4.78, 5) is 6.71. The summed E-state index contributed by atoms with van der Waals surface area (Å²) in [5.41, 5.74) is 1.18. The second-order valence-electron chi connectivity index (χ2n) is 5.57. The van der Waals surface area contributed by atoms with Gasteiger partial charge in [-0.1, -0.05) is 41.9 Å². The average Bonchev–Trinajstić information content (AvgIpc) is 2.96. The molecule has 1 N–H and O–H groups in total. The number of aliphatic hydroxyl groups excluding tert-OH is 1. The van der Waals surface area contributed by atoms with Crippen LogP contribution in [0.2, 0.25) is 0 Å². The number of aromatic nitrogens is 2. The van der Waals surface area contributed by atoms with Gasteiger partial charge in [0.2, 0.25) is 5.89 Å². The summed E-state index contributed by atoms with van der Waals surface area (Å²) in [6.07, 6.45) is 4.08. The van der Waals surface area contributed by atoms with E-state index in [4.69, 9.17) is 4.52 Å². The molecule has 0 saturated carbocycles. The molecule has 5 heteroatoms. The number of hydrogen-bond acceptors (Lipinski definition) is 5. The molecule has 1 fully saturated rings. The van der Waals surface area contributed by atoms with Gasteiger partial charge in [-0.3, -0.25) is 4.90 Å². The fraction of sp³-hybridized carbons (Fsp3) is 0.500. The van der Waals surface area contributed by atoms with E-state index in [1.165, 1.54) is 18.4 Å². The van der Waals surface area contributed by atoms with Crippen molar-refractivity contribution in [1.82, 2.24) is 15.0 Å². The van der Waals surface area contributed by atoms with E-state index in [-0.39, 0.29) is 12.6 Å². The molecular weight excluding hydrogens is 266 g/mol. The molecular formula is C16H21N3O2. The van der Waals surface area contributed by atoms with Crippen LogP contribution < -0.4 is 0 Å². The smallest absolute Gasteiger partial charge is 0.240 e. The Bertz CT molecular complexity index is 556. The van der Waals surface area contributed by atoms with E-state index in [1.807, 2.05) is 18.2 Å². The highest BCUT2D eigenvalue weighted by molar-refractivity contribution is 5.18. The second kappa shape index (κ2) is 6.83. The van der Waals surface area contributed by atoms with Crippen LogP contribution in [-0.4, -0.2) is 39.3 Å². The van der Waals surface area contributed by atoms with Crippen LogP contribution in [0.5, 0.6) is 0 Å². The van der Waals surface area contributed by atoms with Crippen LogP contribution in [0.25, 0.3) is 0 Å². The molecule has 0 spiro atoms. The minimum Gasteiger partial charge on any atom is -0.395 e. The average molecular weight is 287 g/mol. The molecule has 1 atom stereocenters. The molecule has 1 aromatic carbocycles. The molecule has 1 unspecified atom stereocenters. The summed E-state index contributed by atoms with van der Waals surface area (Å²) < 4.78 is 5.35. The van der Waals surface area contributed by atoms with E-state index in [9.17, 15) is 5.11 Å². The minimum atomic E-state index is 0.199. The van der Waals surface area contributed by atoms with Crippen LogP contribution in [0.15, 0.2) is 34.9 Å². The molecule has 5 nitrogen and oxygen atoms in total. The molecule has 1 aromatic heterocycles. The SMILES string of the molecule is OCC1CCCCN1Cc1nc(Cc2ccccc2)no1. The third-order valence-corrected chi connectivity index (χ3v) is 4.01. The van der Waals surface area contributed by atoms with Gasteiger partial charge in [0.15, 0.2) is 5.82 Å². The monoisotopic (exact) mass is 287 g/mol. The summed E-state index contributed by atoms with van der Waals surface area (Å²) in [7, 11) is 0. The first-order valence-electron chi connectivity index (χ1n) is 7.55. The molecule has 1 saturated heterocycles. The Morgan fingerprint density at radius 1 is 1.24 bits per heavy atom. The normalized spacial score (nSPS) is 19.8. The van der Waals surface area contributed by atoms with E-state index in [0.29, 0.717) is 24.7 Å². The van der Waals surface area contributed by atoms with E-state index in [2.05, 4.69) is 27.2 Å². The molecule has 0 amide bonds. The number of benzene rings is 1. The molecule has 112 valence electrons. The largest absolute Gasteiger partial charge is 0.395 e. The molecule has 0 bridgehead atoms. The molecule has 0 radical (unpaired) electrons. The molecule has 2 aromatic rings. The number of aliphatic hydroxyl groups is 1. The van der Waals surface area contributed by atoms with E-state index < -0.39 is 0 Å². The Kier molecular flexibility index (Phi) is 4.62. The third kappa shape index (κ3) is 3.68. The maximum Gasteiger partial charge on any atom is 0.240 e. The van der Waals surface area contributed by atoms with Gasteiger partial charge in [0.05, 0.1) is 13.2 Å². The molecule has 0 aliphatic carbocycles. The first-order chi connectivity index (χ1) is 10.3. The summed E-state index contributed by atoms with van der Waals surface area (Å²) >= 11 is 0. The lowest BCUT2D eigenvalue weighted by atomic mass is 10.0. The van der Waals surface area contributed by atoms with Gasteiger partial charge < -0.3 is 9.63 Å². The molecule has 3 rings (SSSR count). The first kappa shape index (κ1) is 14.2. The fourth-order valence-electron chi connectivity index (χ4n) is 2.85. The number of piperidine rings is 1. The predicted molar refractivity (Wildman–Crippen MR) is 78.7 cm³/mol. The van der Waals surface area contributed by atoms with Crippen molar-refractivity contribution in [2.75, 3.05) is 13.2 Å². The van der Waals surface area contributed by atoms with Gasteiger partial charge in [-0.2, -0.15) is 4.98 Å². The minimum absolute atomic E-state index is 0.199. The maximum absolute atomic E-state index is 9.43. The number of hydrogen-bond donors (Lipinski definition) is 1. The summed E-state index contributed by atoms with van der Waals surface area (Å²) in [5.74, 6) is 1.36. The van der Waals surface area contributed by atoms with Crippen molar-refractivity contribution in [3.05, 3.63) is 47.6 Å². The zero-order valence-electron chi connectivity index (χ0n) is 12.1. The van der Waals surface area contributed by atoms with E-state index in [0.717, 1.165) is 13.0 Å². The van der Waals surface area contributed by atoms with Crippen molar-refractivity contribution < 1.29 is 9.63 Å². The predicted octanol–water partition coefficient (Wildman–Crippen LogP) is 2.01. The lowest BCUT2D eigenvalue weighted by Gasteiger charge is -2.33. The van der Waals surface area contributed by atoms with Crippen LogP contribution in [0.3, 0.4) is 0 Å². The molecule has 1 aliphatic heterocycles. The Labute approximate surface area is 124 Å². The van der Waals surface area contributed by atoms with Crippen LogP contribution in [0.1, 0.15) is 36.5 Å². The van der Waals surface area contributed by atoms with Gasteiger partial charge in [-0.25, -0.2) is 0 Å². The highest BCUT2D eigenvalue weighted by Gasteiger charge is 2.23. The van der Waals surface area contributed by atoms with Gasteiger partial charge in [0.25, 0.3) is 0 Å². The van der Waals surface area contributed by atoms with Crippen LogP contribution >= 0.6 is 0 Å². The maximum atomic E-state index is 9.43. The van der Waals surface area contributed by atoms with E-state index in [1.54, 1.807) is 0 Å². The van der Waals surface area contributed by atoms with Crippen molar-refractivity contribution in [2.45, 2.75) is 38.3 Å². The lowest BCUT2D eigenvalue weighted by Crippen LogP contribution is -2.41. The Balaban J connectivity index is 1.62. The van der Waals surface area contributed by atoms with Gasteiger partial charge in [0, 0.05) is 12.5 Å². The van der Waals surface area contributed by atoms with E-state index >= 15 is 0 Å². The van der Waals surface area contributed by atoms with Crippen molar-refractivity contribution in [3.63, 3.8) is 0 Å². The highest BCUT2D eigenvalue weighted by Crippen LogP contribution is 2.19. The number of likely N-dealkylation sites (tertiary alicyclic amines) is 1. The Hall–Kier alpha value is -1.72. The van der Waals surface area contributed by atoms with Crippen LogP contribution in [0, 0.1) is 0 Å². The second-order valence-corrected chi connectivity index (χ2v) is 5.57. The van der Waals surface area contributed by atoms with Gasteiger partial charge in [0.1, 0.15) is 0 Å². The Morgan fingerprint density at radius 2 is 2.10 bits per heavy atom. The van der Waals surface area contributed by atoms with Gasteiger partial charge >= 0.3 is 0 Å². The van der Waals surface area contributed by atoms with Crippen molar-refractivity contribution in [3.8, 4) is 0 Å². The quantitative estimate of drug-likeness (QED) is 0.911. The molecule has 21 heavy (non-hydrogen) atoms. The Morgan fingerprint density at radius 3 is 2.90 bits per heavy atom. The topological polar surface area (TPSA) is 62.4 Å². The van der Waals surface area contributed by atoms with Crippen molar-refractivity contribution in [1.29, 1.82) is 0 Å². The zero-order valence-corrected chi connectivity index (χ0v) is 12.1. The summed E-state index contributed by atoms with van der Waals surface area (Å²) in [6, 6.07) is 10.4. The summed E-state index contributed by atoms with van der Waals surface area (Å²) in [5, 5.41) is 13.5. The highest BCUT2D eigenvalue weighted by atomic mass is 16.5. The first-order valence-corrected chi connectivity index (χ1v) is 7.55. The third-order valence-electron chi connectivity index (χ3n) is 4.01. The fourth-order valence-corrected chi connectivity index (χ4v) is 2.85. The molecule has 1 aliphatic rings. The van der Waals surface area contributed by atoms with Crippen molar-refractivity contribution in [2.24, 2.45) is 0 Å². The van der Waals surface area contributed by atoms with Crippen molar-refractivity contribution >= 4 is 0 Å². The number of rotatable bonds is 5. The lowest BCUT2D eigenvalue weighted by molar-refractivity contribution is 0.0749. The van der Waals surface area contributed by atoms with Crippen LogP contribution in [0.4, 0.5) is 0 Å². The molecule has 2 heterocycles. The van der Waals surface area contributed by atoms with Gasteiger partial charge in [-0.05, 0) is 24.9 Å². The standard InChI is InChI=1S/C16H21N3O2/c20-12-14-8-4-5-9-19(14)11-16-17-15(18-21-16)10-13-6-2-1-3-7-13/h1-3,6-7,14,20H,4-5,8-12H2. The van der Waals surface area contributed by atoms with Crippen LogP contribution in [-0.2, 0) is 13.0 Å².